The van der Waals surface area contributed by atoms with Gasteiger partial charge in [-0.15, -0.1) is 0 Å². The lowest BCUT2D eigenvalue weighted by molar-refractivity contribution is -0.139. The van der Waals surface area contributed by atoms with E-state index in [2.05, 4.69) is 5.32 Å². The number of hydrogen-bond donors (Lipinski definition) is 1. The molecule has 0 atom stereocenters. The molecule has 4 fully saturated rings. The van der Waals surface area contributed by atoms with Crippen LogP contribution in [0.5, 0.6) is 0 Å². The van der Waals surface area contributed by atoms with E-state index in [9.17, 15) is 40.7 Å². The molecule has 4 saturated heterocycles. The maximum atomic E-state index is 13.7. The van der Waals surface area contributed by atoms with Crippen LogP contribution >= 0.6 is 0 Å². The van der Waals surface area contributed by atoms with Crippen molar-refractivity contribution in [3.05, 3.63) is 58.7 Å². The van der Waals surface area contributed by atoms with Gasteiger partial charge in [-0.25, -0.2) is 9.59 Å². The van der Waals surface area contributed by atoms with Crippen LogP contribution in [0.25, 0.3) is 0 Å². The number of alkyl halides is 6. The molecule has 61 heavy (non-hydrogen) atoms. The van der Waals surface area contributed by atoms with Crippen LogP contribution in [0.15, 0.2) is 36.4 Å². The number of hydrogen-bond acceptors (Lipinski definition) is 11. The molecule has 4 aliphatic heterocycles. The molecular formula is C42H60F6N6O7. The third-order valence-electron chi connectivity index (χ3n) is 9.81. The average Bonchev–Trinajstić information content (AvgIpc) is 3.20. The minimum absolute atomic E-state index is 0.195. The zero-order valence-corrected chi connectivity index (χ0v) is 35.9. The average molecular weight is 875 g/mol. The Morgan fingerprint density at radius 1 is 0.623 bits per heavy atom. The maximum Gasteiger partial charge on any atom is 0.417 e. The molecule has 2 amide bonds. The Kier molecular flexibility index (Phi) is 17.5. The number of ether oxygens (including phenoxy) is 4. The van der Waals surface area contributed by atoms with E-state index >= 15 is 0 Å². The standard InChI is InChI=1S/C21H30F3N3O3.C12H12F3NO2.C9H18N2O2/c1-20(2,3)30-19(28)27-8-6-25(7-9-27)15-16-4-5-17(14-18(16)21(22,23)24)26-10-12-29-13-11-26;13-12(14,15)11-7-10(2-1-9(11)8-17)16-3-5-18-6-4-16;1-9(2,3)13-8(12)11-6-4-10-5-7-11/h4-5,14H,6-13,15H2,1-3H3;1-2,7-8H,3-6H2;10H,4-7H2,1-3H3. The molecule has 0 bridgehead atoms. The van der Waals surface area contributed by atoms with Crippen LogP contribution in [0.2, 0.25) is 0 Å². The first kappa shape index (κ1) is 49.3. The Morgan fingerprint density at radius 2 is 1.05 bits per heavy atom. The Balaban J connectivity index is 0.000000223. The van der Waals surface area contributed by atoms with Gasteiger partial charge < -0.3 is 43.9 Å². The second-order valence-corrected chi connectivity index (χ2v) is 16.9. The first-order chi connectivity index (χ1) is 28.5. The van der Waals surface area contributed by atoms with Gasteiger partial charge >= 0.3 is 24.5 Å². The predicted octanol–water partition coefficient (Wildman–Crippen LogP) is 6.78. The number of halogens is 6. The molecular weight excluding hydrogens is 814 g/mol. The minimum Gasteiger partial charge on any atom is -0.444 e. The quantitative estimate of drug-likeness (QED) is 0.254. The molecule has 1 N–H and O–H groups in total. The highest BCUT2D eigenvalue weighted by Crippen LogP contribution is 2.36. The number of morpholine rings is 2. The van der Waals surface area contributed by atoms with Gasteiger partial charge in [-0.3, -0.25) is 9.69 Å². The van der Waals surface area contributed by atoms with Gasteiger partial charge in [0.05, 0.1) is 37.6 Å². The molecule has 4 aliphatic rings. The highest BCUT2D eigenvalue weighted by Gasteiger charge is 2.36. The van der Waals surface area contributed by atoms with Crippen molar-refractivity contribution in [3.8, 4) is 0 Å². The van der Waals surface area contributed by atoms with E-state index in [-0.39, 0.29) is 41.7 Å². The SMILES string of the molecule is CC(C)(C)OC(=O)N1CCN(Cc2ccc(N3CCOCC3)cc2C(F)(F)F)CC1.CC(C)(C)OC(=O)N1CCNCC1.O=Cc1ccc(N2CCOCC2)cc1C(F)(F)F. The Morgan fingerprint density at radius 3 is 1.48 bits per heavy atom. The topological polar surface area (TPSA) is 116 Å². The molecule has 6 rings (SSSR count). The Hall–Kier alpha value is -4.33. The summed E-state index contributed by atoms with van der Waals surface area (Å²) < 4.78 is 101. The van der Waals surface area contributed by atoms with Crippen LogP contribution in [0.1, 0.15) is 68.6 Å². The van der Waals surface area contributed by atoms with Crippen LogP contribution in [0.4, 0.5) is 47.3 Å². The van der Waals surface area contributed by atoms with Crippen molar-refractivity contribution in [1.82, 2.24) is 20.0 Å². The van der Waals surface area contributed by atoms with E-state index in [0.717, 1.165) is 32.2 Å². The van der Waals surface area contributed by atoms with Gasteiger partial charge in [0.2, 0.25) is 0 Å². The fraction of sp³-hybridized carbons (Fsp3) is 0.643. The van der Waals surface area contributed by atoms with Crippen molar-refractivity contribution in [3.63, 3.8) is 0 Å². The third-order valence-corrected chi connectivity index (χ3v) is 9.81. The molecule has 0 spiro atoms. The molecule has 342 valence electrons. The molecule has 2 aromatic rings. The predicted molar refractivity (Wildman–Crippen MR) is 218 cm³/mol. The molecule has 0 aromatic heterocycles. The third kappa shape index (κ3) is 16.1. The summed E-state index contributed by atoms with van der Waals surface area (Å²) in [5, 5.41) is 3.18. The molecule has 0 radical (unpaired) electrons. The highest BCUT2D eigenvalue weighted by atomic mass is 19.4. The van der Waals surface area contributed by atoms with Crippen LogP contribution in [-0.4, -0.2) is 149 Å². The normalized spacial score (nSPS) is 18.3. The number of anilines is 2. The van der Waals surface area contributed by atoms with Gasteiger partial charge in [-0.1, -0.05) is 6.07 Å². The lowest BCUT2D eigenvalue weighted by Crippen LogP contribution is -2.49. The zero-order valence-electron chi connectivity index (χ0n) is 35.9. The van der Waals surface area contributed by atoms with Crippen molar-refractivity contribution >= 4 is 29.8 Å². The number of nitrogens with one attached hydrogen (secondary N) is 1. The lowest BCUT2D eigenvalue weighted by atomic mass is 10.0. The molecule has 0 unspecified atom stereocenters. The van der Waals surface area contributed by atoms with Gasteiger partial charge in [0.1, 0.15) is 11.2 Å². The summed E-state index contributed by atoms with van der Waals surface area (Å²) in [7, 11) is 0. The molecule has 0 aliphatic carbocycles. The van der Waals surface area contributed by atoms with E-state index in [1.54, 1.807) is 42.7 Å². The smallest absolute Gasteiger partial charge is 0.417 e. The van der Waals surface area contributed by atoms with Gasteiger partial charge in [0.25, 0.3) is 0 Å². The number of carbonyl (C=O) groups excluding carboxylic acids is 3. The number of piperazine rings is 2. The minimum atomic E-state index is -4.52. The second kappa shape index (κ2) is 21.6. The first-order valence-corrected chi connectivity index (χ1v) is 20.4. The fourth-order valence-corrected chi connectivity index (χ4v) is 6.73. The monoisotopic (exact) mass is 874 g/mol. The van der Waals surface area contributed by atoms with Crippen molar-refractivity contribution < 1.29 is 59.7 Å². The number of carbonyl (C=O) groups is 3. The van der Waals surface area contributed by atoms with Crippen LogP contribution in [0.3, 0.4) is 0 Å². The number of amides is 2. The van der Waals surface area contributed by atoms with Crippen LogP contribution < -0.4 is 15.1 Å². The summed E-state index contributed by atoms with van der Waals surface area (Å²) in [5.41, 5.74) is -1.48. The van der Waals surface area contributed by atoms with Crippen molar-refractivity contribution in [2.75, 3.05) is 115 Å². The fourth-order valence-electron chi connectivity index (χ4n) is 6.73. The summed E-state index contributed by atoms with van der Waals surface area (Å²) in [6.45, 7) is 20.6. The molecule has 13 nitrogen and oxygen atoms in total. The number of aldehydes is 1. The first-order valence-electron chi connectivity index (χ1n) is 20.4. The summed E-state index contributed by atoms with van der Waals surface area (Å²) in [5.74, 6) is 0. The van der Waals surface area contributed by atoms with Crippen molar-refractivity contribution in [2.45, 2.75) is 71.6 Å². The van der Waals surface area contributed by atoms with Gasteiger partial charge in [0.15, 0.2) is 6.29 Å². The number of nitrogens with zero attached hydrogens (tertiary/aromatic N) is 5. The van der Waals surface area contributed by atoms with Gasteiger partial charge in [-0.2, -0.15) is 26.3 Å². The van der Waals surface area contributed by atoms with E-state index in [0.29, 0.717) is 90.2 Å². The van der Waals surface area contributed by atoms with Gasteiger partial charge in [0, 0.05) is 102 Å². The molecule has 2 aromatic carbocycles. The Labute approximate surface area is 354 Å². The van der Waals surface area contributed by atoms with Crippen LogP contribution in [0, 0.1) is 0 Å². The molecule has 0 saturated carbocycles. The summed E-state index contributed by atoms with van der Waals surface area (Å²) in [4.78, 5) is 43.3. The number of rotatable bonds is 5. The van der Waals surface area contributed by atoms with E-state index in [1.165, 1.54) is 18.2 Å². The van der Waals surface area contributed by atoms with Crippen molar-refractivity contribution in [1.29, 1.82) is 0 Å². The highest BCUT2D eigenvalue weighted by molar-refractivity contribution is 5.79. The maximum absolute atomic E-state index is 13.7. The number of benzene rings is 2. The van der Waals surface area contributed by atoms with Gasteiger partial charge in [-0.05, 0) is 77.4 Å². The molecule has 19 heteroatoms. The second-order valence-electron chi connectivity index (χ2n) is 16.9. The summed E-state index contributed by atoms with van der Waals surface area (Å²) in [6, 6.07) is 8.35. The van der Waals surface area contributed by atoms with Crippen LogP contribution in [-0.2, 0) is 37.8 Å². The molecule has 4 heterocycles. The largest absolute Gasteiger partial charge is 0.444 e. The zero-order chi connectivity index (χ0) is 45.0. The summed E-state index contributed by atoms with van der Waals surface area (Å²) in [6.07, 6.45) is -9.29. The van der Waals surface area contributed by atoms with E-state index in [4.69, 9.17) is 18.9 Å². The van der Waals surface area contributed by atoms with Crippen molar-refractivity contribution in [2.24, 2.45) is 0 Å². The van der Waals surface area contributed by atoms with E-state index in [1.807, 2.05) is 35.5 Å². The lowest BCUT2D eigenvalue weighted by Gasteiger charge is -2.36. The van der Waals surface area contributed by atoms with E-state index < -0.39 is 29.1 Å². The Bertz CT molecular complexity index is 1720. The summed E-state index contributed by atoms with van der Waals surface area (Å²) >= 11 is 0.